The Kier molecular flexibility index (Phi) is 6.40. The molecule has 1 aromatic carbocycles. The molecule has 2 rings (SSSR count). The molecule has 0 spiro atoms. The second-order valence-corrected chi connectivity index (χ2v) is 5.94. The molecule has 1 fully saturated rings. The van der Waals surface area contributed by atoms with E-state index < -0.39 is 17.9 Å². The van der Waals surface area contributed by atoms with Crippen molar-refractivity contribution in [3.8, 4) is 6.07 Å². The van der Waals surface area contributed by atoms with Crippen molar-refractivity contribution < 1.29 is 14.7 Å². The number of nitriles is 1. The number of piperidine rings is 1. The van der Waals surface area contributed by atoms with Crippen LogP contribution in [0.4, 0.5) is 11.4 Å². The molecule has 1 amide bonds. The number of carboxylic acid groups (broad SMARTS) is 1. The Hall–Kier alpha value is -3.01. The Morgan fingerprint density at radius 3 is 2.44 bits per heavy atom. The molecule has 1 saturated heterocycles. The van der Waals surface area contributed by atoms with Crippen LogP contribution in [-0.4, -0.2) is 36.1 Å². The number of anilines is 2. The Morgan fingerprint density at radius 1 is 1.24 bits per heavy atom. The zero-order chi connectivity index (χ0) is 18.2. The smallest absolute Gasteiger partial charge is 0.325 e. The molecular weight excluding hydrogens is 320 g/mol. The maximum atomic E-state index is 11.9. The van der Waals surface area contributed by atoms with Gasteiger partial charge in [-0.1, -0.05) is 0 Å². The third-order valence-corrected chi connectivity index (χ3v) is 4.05. The summed E-state index contributed by atoms with van der Waals surface area (Å²) in [6, 6.07) is 8.47. The Balaban J connectivity index is 1.97. The monoisotopic (exact) mass is 342 g/mol. The topological polar surface area (TPSA) is 105 Å². The number of carbonyl (C=O) groups is 2. The van der Waals surface area contributed by atoms with Crippen molar-refractivity contribution in [3.05, 3.63) is 36.0 Å². The summed E-state index contributed by atoms with van der Waals surface area (Å²) in [7, 11) is 0. The summed E-state index contributed by atoms with van der Waals surface area (Å²) in [5.74, 6) is -1.89. The van der Waals surface area contributed by atoms with Crippen molar-refractivity contribution in [1.29, 1.82) is 5.26 Å². The fourth-order valence-electron chi connectivity index (χ4n) is 2.56. The van der Waals surface area contributed by atoms with Crippen molar-refractivity contribution in [3.63, 3.8) is 0 Å². The molecule has 25 heavy (non-hydrogen) atoms. The maximum absolute atomic E-state index is 11.9. The highest BCUT2D eigenvalue weighted by Gasteiger charge is 2.17. The van der Waals surface area contributed by atoms with Gasteiger partial charge in [-0.15, -0.1) is 0 Å². The Bertz CT molecular complexity index is 685. The van der Waals surface area contributed by atoms with Gasteiger partial charge in [0, 0.05) is 30.7 Å². The summed E-state index contributed by atoms with van der Waals surface area (Å²) in [6.45, 7) is 3.46. The zero-order valence-electron chi connectivity index (χ0n) is 14.2. The van der Waals surface area contributed by atoms with Crippen molar-refractivity contribution >= 4 is 23.3 Å². The molecule has 0 aliphatic carbocycles. The number of aliphatic carboxylic acids is 1. The number of rotatable bonds is 6. The maximum Gasteiger partial charge on any atom is 0.325 e. The lowest BCUT2D eigenvalue weighted by molar-refractivity contribution is -0.140. The van der Waals surface area contributed by atoms with Crippen LogP contribution < -0.4 is 15.5 Å². The van der Waals surface area contributed by atoms with Crippen molar-refractivity contribution in [2.75, 3.05) is 23.3 Å². The van der Waals surface area contributed by atoms with Crippen LogP contribution in [0, 0.1) is 11.3 Å². The van der Waals surface area contributed by atoms with Gasteiger partial charge < -0.3 is 20.6 Å². The number of carboxylic acids is 1. The highest BCUT2D eigenvalue weighted by atomic mass is 16.4. The molecule has 0 radical (unpaired) electrons. The molecule has 7 nitrogen and oxygen atoms in total. The van der Waals surface area contributed by atoms with E-state index >= 15 is 0 Å². The number of amides is 1. The standard InChI is InChI=1S/C18H22N4O3/c1-13(18(24)25)21-17(23)14(11-19)12-20-15-5-7-16(8-6-15)22-9-3-2-4-10-22/h5-8,12-13,20H,2-4,9-10H2,1H3,(H,21,23)(H,24,25)/b14-12-. The lowest BCUT2D eigenvalue weighted by Crippen LogP contribution is -2.39. The zero-order valence-corrected chi connectivity index (χ0v) is 14.2. The van der Waals surface area contributed by atoms with E-state index in [1.54, 1.807) is 6.07 Å². The van der Waals surface area contributed by atoms with Crippen LogP contribution in [0.3, 0.4) is 0 Å². The van der Waals surface area contributed by atoms with Crippen molar-refractivity contribution in [2.24, 2.45) is 0 Å². The number of hydrogen-bond donors (Lipinski definition) is 3. The van der Waals surface area contributed by atoms with E-state index in [1.165, 1.54) is 32.4 Å². The van der Waals surface area contributed by atoms with E-state index in [0.717, 1.165) is 24.5 Å². The van der Waals surface area contributed by atoms with Gasteiger partial charge >= 0.3 is 5.97 Å². The molecule has 1 aromatic rings. The van der Waals surface area contributed by atoms with Gasteiger partial charge in [0.2, 0.25) is 0 Å². The molecule has 1 unspecified atom stereocenters. The second-order valence-electron chi connectivity index (χ2n) is 5.94. The number of carbonyl (C=O) groups excluding carboxylic acids is 1. The fourth-order valence-corrected chi connectivity index (χ4v) is 2.56. The average Bonchev–Trinajstić information content (AvgIpc) is 2.63. The Morgan fingerprint density at radius 2 is 1.88 bits per heavy atom. The van der Waals surface area contributed by atoms with E-state index in [2.05, 4.69) is 15.5 Å². The van der Waals surface area contributed by atoms with Crippen LogP contribution in [0.2, 0.25) is 0 Å². The molecule has 1 heterocycles. The first-order valence-electron chi connectivity index (χ1n) is 8.26. The highest BCUT2D eigenvalue weighted by molar-refractivity contribution is 5.99. The molecule has 132 valence electrons. The fraction of sp³-hybridized carbons (Fsp3) is 0.389. The molecule has 0 aromatic heterocycles. The normalized spacial score (nSPS) is 15.8. The predicted octanol–water partition coefficient (Wildman–Crippen LogP) is 2.09. The largest absolute Gasteiger partial charge is 0.480 e. The molecule has 3 N–H and O–H groups in total. The van der Waals surface area contributed by atoms with Crippen LogP contribution >= 0.6 is 0 Å². The summed E-state index contributed by atoms with van der Waals surface area (Å²) in [4.78, 5) is 24.9. The molecule has 7 heteroatoms. The summed E-state index contributed by atoms with van der Waals surface area (Å²) >= 11 is 0. The minimum Gasteiger partial charge on any atom is -0.480 e. The summed E-state index contributed by atoms with van der Waals surface area (Å²) in [5.41, 5.74) is 1.71. The van der Waals surface area contributed by atoms with Crippen molar-refractivity contribution in [2.45, 2.75) is 32.2 Å². The summed E-state index contributed by atoms with van der Waals surface area (Å²) < 4.78 is 0. The first-order chi connectivity index (χ1) is 12.0. The predicted molar refractivity (Wildman–Crippen MR) is 95.1 cm³/mol. The molecule has 0 bridgehead atoms. The molecule has 1 aliphatic rings. The van der Waals surface area contributed by atoms with Crippen molar-refractivity contribution in [1.82, 2.24) is 5.32 Å². The van der Waals surface area contributed by atoms with Gasteiger partial charge in [0.15, 0.2) is 0 Å². The van der Waals surface area contributed by atoms with E-state index in [9.17, 15) is 9.59 Å². The quantitative estimate of drug-likeness (QED) is 0.540. The SMILES string of the molecule is CC(NC(=O)/C(C#N)=C\Nc1ccc(N2CCCCC2)cc1)C(=O)O. The van der Waals surface area contributed by atoms with E-state index in [-0.39, 0.29) is 5.57 Å². The molecule has 1 atom stereocenters. The molecule has 1 aliphatic heterocycles. The second kappa shape index (κ2) is 8.73. The van der Waals surface area contributed by atoms with Gasteiger partial charge in [-0.05, 0) is 50.5 Å². The van der Waals surface area contributed by atoms with Crippen LogP contribution in [0.25, 0.3) is 0 Å². The summed E-state index contributed by atoms with van der Waals surface area (Å²) in [5, 5.41) is 23.0. The van der Waals surface area contributed by atoms with Crippen LogP contribution in [0.1, 0.15) is 26.2 Å². The van der Waals surface area contributed by atoms with E-state index in [4.69, 9.17) is 10.4 Å². The van der Waals surface area contributed by atoms with Gasteiger partial charge in [-0.3, -0.25) is 9.59 Å². The number of nitrogens with zero attached hydrogens (tertiary/aromatic N) is 2. The third kappa shape index (κ3) is 5.24. The van der Waals surface area contributed by atoms with Gasteiger partial charge in [-0.25, -0.2) is 0 Å². The summed E-state index contributed by atoms with van der Waals surface area (Å²) in [6.07, 6.45) is 4.97. The molecule has 0 saturated carbocycles. The number of nitrogens with one attached hydrogen (secondary N) is 2. The van der Waals surface area contributed by atoms with Gasteiger partial charge in [-0.2, -0.15) is 5.26 Å². The minimum atomic E-state index is -1.16. The van der Waals surface area contributed by atoms with E-state index in [0.29, 0.717) is 0 Å². The van der Waals surface area contributed by atoms with Crippen LogP contribution in [0.15, 0.2) is 36.0 Å². The van der Waals surface area contributed by atoms with Gasteiger partial charge in [0.1, 0.15) is 17.7 Å². The first kappa shape index (κ1) is 18.3. The van der Waals surface area contributed by atoms with Gasteiger partial charge in [0.05, 0.1) is 0 Å². The highest BCUT2D eigenvalue weighted by Crippen LogP contribution is 2.21. The van der Waals surface area contributed by atoms with E-state index in [1.807, 2.05) is 24.3 Å². The van der Waals surface area contributed by atoms with Crippen LogP contribution in [-0.2, 0) is 9.59 Å². The number of benzene rings is 1. The molecular formula is C18H22N4O3. The minimum absolute atomic E-state index is 0.187. The lowest BCUT2D eigenvalue weighted by Gasteiger charge is -2.28. The number of hydrogen-bond acceptors (Lipinski definition) is 5. The average molecular weight is 342 g/mol. The van der Waals surface area contributed by atoms with Crippen LogP contribution in [0.5, 0.6) is 0 Å². The van der Waals surface area contributed by atoms with Gasteiger partial charge in [0.25, 0.3) is 5.91 Å². The lowest BCUT2D eigenvalue weighted by atomic mass is 10.1. The Labute approximate surface area is 146 Å². The first-order valence-corrected chi connectivity index (χ1v) is 8.26. The third-order valence-electron chi connectivity index (χ3n) is 4.05.